The second kappa shape index (κ2) is 6.76. The third-order valence-corrected chi connectivity index (χ3v) is 4.87. The number of aliphatic hydroxyl groups excluding tert-OH is 1. The largest absolute Gasteiger partial charge is 0.465 e. The highest BCUT2D eigenvalue weighted by Crippen LogP contribution is 2.40. The molecule has 18 heavy (non-hydrogen) atoms. The lowest BCUT2D eigenvalue weighted by atomic mass is 9.77. The fourth-order valence-corrected chi connectivity index (χ4v) is 3.45. The summed E-state index contributed by atoms with van der Waals surface area (Å²) < 4.78 is 6.27. The standard InChI is InChI=1S/C15H23BrO2/c1-2-3-4-11-5-7-12(8-6-11)14(17)15-13(16)9-10-18-15/h9-12,14,17H,2-8H2,1H3. The minimum Gasteiger partial charge on any atom is -0.465 e. The highest BCUT2D eigenvalue weighted by Gasteiger charge is 2.29. The summed E-state index contributed by atoms with van der Waals surface area (Å²) in [7, 11) is 0. The predicted molar refractivity (Wildman–Crippen MR) is 76.3 cm³/mol. The molecule has 1 atom stereocenters. The maximum Gasteiger partial charge on any atom is 0.146 e. The lowest BCUT2D eigenvalue weighted by Crippen LogP contribution is -2.20. The minimum absolute atomic E-state index is 0.366. The van der Waals surface area contributed by atoms with E-state index in [1.54, 1.807) is 6.26 Å². The summed E-state index contributed by atoms with van der Waals surface area (Å²) in [6, 6.07) is 1.85. The molecule has 1 unspecified atom stereocenters. The van der Waals surface area contributed by atoms with Crippen LogP contribution >= 0.6 is 15.9 Å². The van der Waals surface area contributed by atoms with E-state index < -0.39 is 6.10 Å². The van der Waals surface area contributed by atoms with E-state index in [0.717, 1.165) is 23.2 Å². The Bertz CT molecular complexity index is 353. The third kappa shape index (κ3) is 3.39. The van der Waals surface area contributed by atoms with Gasteiger partial charge in [0.25, 0.3) is 0 Å². The lowest BCUT2D eigenvalue weighted by molar-refractivity contribution is 0.0539. The highest BCUT2D eigenvalue weighted by atomic mass is 79.9. The van der Waals surface area contributed by atoms with E-state index in [1.807, 2.05) is 6.07 Å². The molecule has 1 aliphatic rings. The molecule has 2 nitrogen and oxygen atoms in total. The summed E-state index contributed by atoms with van der Waals surface area (Å²) >= 11 is 3.43. The molecule has 3 heteroatoms. The van der Waals surface area contributed by atoms with Gasteiger partial charge in [0.05, 0.1) is 10.7 Å². The van der Waals surface area contributed by atoms with Crippen molar-refractivity contribution in [3.63, 3.8) is 0 Å². The average molecular weight is 315 g/mol. The molecule has 1 aromatic heterocycles. The molecule has 0 spiro atoms. The van der Waals surface area contributed by atoms with Gasteiger partial charge in [-0.2, -0.15) is 0 Å². The summed E-state index contributed by atoms with van der Waals surface area (Å²) in [6.45, 7) is 2.25. The zero-order valence-electron chi connectivity index (χ0n) is 11.1. The van der Waals surface area contributed by atoms with Crippen molar-refractivity contribution in [2.45, 2.75) is 58.0 Å². The Balaban J connectivity index is 1.84. The van der Waals surface area contributed by atoms with Gasteiger partial charge in [-0.25, -0.2) is 0 Å². The fraction of sp³-hybridized carbons (Fsp3) is 0.733. The van der Waals surface area contributed by atoms with Crippen molar-refractivity contribution >= 4 is 15.9 Å². The van der Waals surface area contributed by atoms with Crippen LogP contribution in [0.15, 0.2) is 21.2 Å². The molecular weight excluding hydrogens is 292 g/mol. The minimum atomic E-state index is -0.443. The maximum absolute atomic E-state index is 10.4. The van der Waals surface area contributed by atoms with Crippen molar-refractivity contribution in [1.82, 2.24) is 0 Å². The normalized spacial score (nSPS) is 26.2. The molecule has 2 rings (SSSR count). The number of aliphatic hydroxyl groups is 1. The number of rotatable bonds is 5. The molecule has 0 aromatic carbocycles. The molecular formula is C15H23BrO2. The molecule has 0 radical (unpaired) electrons. The van der Waals surface area contributed by atoms with Gasteiger partial charge in [0.1, 0.15) is 11.9 Å². The summed E-state index contributed by atoms with van der Waals surface area (Å²) in [5.74, 6) is 1.95. The first-order valence-corrected chi connectivity index (χ1v) is 7.92. The molecule has 1 aliphatic carbocycles. The van der Waals surface area contributed by atoms with Crippen LogP contribution < -0.4 is 0 Å². The molecule has 0 aliphatic heterocycles. The van der Waals surface area contributed by atoms with Crippen LogP contribution in [0.2, 0.25) is 0 Å². The van der Waals surface area contributed by atoms with Crippen LogP contribution in [0, 0.1) is 11.8 Å². The SMILES string of the molecule is CCCCC1CCC(C(O)c2occc2Br)CC1. The first-order valence-electron chi connectivity index (χ1n) is 7.13. The third-order valence-electron chi connectivity index (χ3n) is 4.22. The number of halogens is 1. The Morgan fingerprint density at radius 3 is 2.67 bits per heavy atom. The second-order valence-electron chi connectivity index (χ2n) is 5.50. The van der Waals surface area contributed by atoms with Crippen molar-refractivity contribution in [2.24, 2.45) is 11.8 Å². The van der Waals surface area contributed by atoms with Gasteiger partial charge >= 0.3 is 0 Å². The van der Waals surface area contributed by atoms with Crippen LogP contribution in [0.1, 0.15) is 63.7 Å². The van der Waals surface area contributed by atoms with E-state index in [0.29, 0.717) is 11.7 Å². The Hall–Kier alpha value is -0.280. The van der Waals surface area contributed by atoms with Gasteiger partial charge in [0.15, 0.2) is 0 Å². The van der Waals surface area contributed by atoms with Crippen LogP contribution in [0.4, 0.5) is 0 Å². The van der Waals surface area contributed by atoms with Gasteiger partial charge in [-0.05, 0) is 46.7 Å². The Morgan fingerprint density at radius 2 is 2.11 bits per heavy atom. The van der Waals surface area contributed by atoms with Crippen LogP contribution in [0.25, 0.3) is 0 Å². The average Bonchev–Trinajstić information content (AvgIpc) is 2.82. The van der Waals surface area contributed by atoms with E-state index in [9.17, 15) is 5.11 Å². The van der Waals surface area contributed by atoms with Crippen LogP contribution in [-0.4, -0.2) is 5.11 Å². The molecule has 102 valence electrons. The number of unbranched alkanes of at least 4 members (excludes halogenated alkanes) is 1. The van der Waals surface area contributed by atoms with Crippen molar-refractivity contribution in [3.05, 3.63) is 22.6 Å². The van der Waals surface area contributed by atoms with E-state index in [4.69, 9.17) is 4.42 Å². The zero-order valence-corrected chi connectivity index (χ0v) is 12.7. The second-order valence-corrected chi connectivity index (χ2v) is 6.35. The van der Waals surface area contributed by atoms with Gasteiger partial charge in [-0.15, -0.1) is 0 Å². The monoisotopic (exact) mass is 314 g/mol. The molecule has 0 saturated heterocycles. The molecule has 1 heterocycles. The molecule has 1 saturated carbocycles. The molecule has 1 aromatic rings. The summed E-state index contributed by atoms with van der Waals surface area (Å²) in [6.07, 6.45) is 9.98. The van der Waals surface area contributed by atoms with Gasteiger partial charge in [0, 0.05) is 0 Å². The van der Waals surface area contributed by atoms with Crippen molar-refractivity contribution in [2.75, 3.05) is 0 Å². The van der Waals surface area contributed by atoms with Crippen molar-refractivity contribution in [1.29, 1.82) is 0 Å². The van der Waals surface area contributed by atoms with E-state index in [2.05, 4.69) is 22.9 Å². The van der Waals surface area contributed by atoms with E-state index in [-0.39, 0.29) is 0 Å². The molecule has 1 N–H and O–H groups in total. The highest BCUT2D eigenvalue weighted by molar-refractivity contribution is 9.10. The Morgan fingerprint density at radius 1 is 1.39 bits per heavy atom. The maximum atomic E-state index is 10.4. The summed E-state index contributed by atoms with van der Waals surface area (Å²) in [4.78, 5) is 0. The predicted octanol–water partition coefficient (Wildman–Crippen LogP) is 5.07. The number of hydrogen-bond acceptors (Lipinski definition) is 2. The van der Waals surface area contributed by atoms with Crippen molar-refractivity contribution < 1.29 is 9.52 Å². The fourth-order valence-electron chi connectivity index (χ4n) is 3.02. The number of hydrogen-bond donors (Lipinski definition) is 1. The Labute approximate surface area is 118 Å². The quantitative estimate of drug-likeness (QED) is 0.822. The number of furan rings is 1. The summed E-state index contributed by atoms with van der Waals surface area (Å²) in [5.41, 5.74) is 0. The van der Waals surface area contributed by atoms with Crippen LogP contribution in [0.5, 0.6) is 0 Å². The van der Waals surface area contributed by atoms with Gasteiger partial charge in [-0.3, -0.25) is 0 Å². The van der Waals surface area contributed by atoms with Crippen LogP contribution in [0.3, 0.4) is 0 Å². The molecule has 0 bridgehead atoms. The van der Waals surface area contributed by atoms with E-state index >= 15 is 0 Å². The molecule has 0 amide bonds. The smallest absolute Gasteiger partial charge is 0.146 e. The van der Waals surface area contributed by atoms with E-state index in [1.165, 1.54) is 32.1 Å². The topological polar surface area (TPSA) is 33.4 Å². The Kier molecular flexibility index (Phi) is 5.31. The van der Waals surface area contributed by atoms with Gasteiger partial charge < -0.3 is 9.52 Å². The van der Waals surface area contributed by atoms with Crippen molar-refractivity contribution in [3.8, 4) is 0 Å². The van der Waals surface area contributed by atoms with Gasteiger partial charge in [0.2, 0.25) is 0 Å². The lowest BCUT2D eigenvalue weighted by Gasteiger charge is -2.30. The first-order chi connectivity index (χ1) is 8.72. The van der Waals surface area contributed by atoms with Crippen LogP contribution in [-0.2, 0) is 0 Å². The molecule has 1 fully saturated rings. The first kappa shape index (κ1) is 14.1. The summed E-state index contributed by atoms with van der Waals surface area (Å²) in [5, 5.41) is 10.4. The zero-order chi connectivity index (χ0) is 13.0. The van der Waals surface area contributed by atoms with Gasteiger partial charge in [-0.1, -0.05) is 39.0 Å².